The van der Waals surface area contributed by atoms with E-state index in [0.717, 1.165) is 36.1 Å². The third-order valence-corrected chi connectivity index (χ3v) is 8.19. The van der Waals surface area contributed by atoms with E-state index in [0.29, 0.717) is 50.0 Å². The van der Waals surface area contributed by atoms with Gasteiger partial charge in [-0.05, 0) is 43.6 Å². The summed E-state index contributed by atoms with van der Waals surface area (Å²) in [6.07, 6.45) is 6.12. The lowest BCUT2D eigenvalue weighted by molar-refractivity contribution is -0.0924. The molecule has 2 fully saturated rings. The molecule has 1 saturated carbocycles. The molecule has 7 heteroatoms. The molecule has 1 spiro atoms. The first-order valence-electron chi connectivity index (χ1n) is 10.1. The summed E-state index contributed by atoms with van der Waals surface area (Å²) in [6.45, 7) is 1.63. The van der Waals surface area contributed by atoms with Gasteiger partial charge in [0.1, 0.15) is 5.60 Å². The fraction of sp³-hybridized carbons (Fsp3) is 0.524. The number of benzene rings is 1. The summed E-state index contributed by atoms with van der Waals surface area (Å²) in [5.74, 6) is 1.37. The van der Waals surface area contributed by atoms with Gasteiger partial charge in [0, 0.05) is 24.8 Å². The molecule has 3 heterocycles. The van der Waals surface area contributed by atoms with Gasteiger partial charge in [0.25, 0.3) is 0 Å². The summed E-state index contributed by atoms with van der Waals surface area (Å²) in [5.41, 5.74) is 2.56. The van der Waals surface area contributed by atoms with Gasteiger partial charge < -0.3 is 4.74 Å². The maximum absolute atomic E-state index is 12.7. The van der Waals surface area contributed by atoms with Crippen LogP contribution < -0.4 is 0 Å². The number of hydrogen-bond donors (Lipinski definition) is 0. The molecule has 148 valence electrons. The summed E-state index contributed by atoms with van der Waals surface area (Å²) in [7, 11) is -3.16. The second kappa shape index (κ2) is 6.90. The zero-order valence-corrected chi connectivity index (χ0v) is 16.7. The third kappa shape index (κ3) is 3.36. The van der Waals surface area contributed by atoms with Crippen LogP contribution in [0.15, 0.2) is 36.5 Å². The average molecular weight is 400 g/mol. The van der Waals surface area contributed by atoms with Crippen LogP contribution in [0, 0.1) is 5.92 Å². The molecule has 2 aromatic rings. The van der Waals surface area contributed by atoms with E-state index in [-0.39, 0.29) is 0 Å². The maximum atomic E-state index is 12.7. The molecule has 0 unspecified atom stereocenters. The van der Waals surface area contributed by atoms with Gasteiger partial charge in [0.15, 0.2) is 5.82 Å². The van der Waals surface area contributed by atoms with Crippen LogP contribution in [0.3, 0.4) is 0 Å². The summed E-state index contributed by atoms with van der Waals surface area (Å²) < 4.78 is 33.2. The molecular weight excluding hydrogens is 374 g/mol. The van der Waals surface area contributed by atoms with Gasteiger partial charge in [-0.3, -0.25) is 0 Å². The highest BCUT2D eigenvalue weighted by molar-refractivity contribution is 7.89. The number of piperidine rings is 1. The van der Waals surface area contributed by atoms with E-state index < -0.39 is 15.6 Å². The molecule has 2 aliphatic heterocycles. The van der Waals surface area contributed by atoms with Gasteiger partial charge in [-0.2, -0.15) is 0 Å². The summed E-state index contributed by atoms with van der Waals surface area (Å²) in [6, 6.07) is 9.95. The van der Waals surface area contributed by atoms with Crippen molar-refractivity contribution in [2.24, 2.45) is 5.92 Å². The van der Waals surface area contributed by atoms with Gasteiger partial charge in [-0.25, -0.2) is 22.7 Å². The van der Waals surface area contributed by atoms with Gasteiger partial charge in [-0.1, -0.05) is 30.3 Å². The van der Waals surface area contributed by atoms with Gasteiger partial charge in [0.2, 0.25) is 10.0 Å². The van der Waals surface area contributed by atoms with Crippen molar-refractivity contribution in [3.8, 4) is 11.4 Å². The van der Waals surface area contributed by atoms with E-state index in [1.807, 2.05) is 36.5 Å². The minimum absolute atomic E-state index is 0.303. The van der Waals surface area contributed by atoms with Crippen LogP contribution in [0.2, 0.25) is 0 Å². The molecule has 1 aliphatic carbocycles. The standard InChI is InChI=1S/C21H25N3O3S/c25-28(26,15-16-6-7-16)24-11-9-21(10-12-24)19-18(8-13-27-21)14-22-20(23-19)17-4-2-1-3-5-17/h1-5,14,16H,6-13,15H2. The van der Waals surface area contributed by atoms with Crippen LogP contribution in [0.25, 0.3) is 11.4 Å². The predicted molar refractivity (Wildman–Crippen MR) is 106 cm³/mol. The Balaban J connectivity index is 1.42. The number of nitrogens with zero attached hydrogens (tertiary/aromatic N) is 3. The fourth-order valence-electron chi connectivity index (χ4n) is 4.33. The molecular formula is C21H25N3O3S. The Morgan fingerprint density at radius 2 is 1.89 bits per heavy atom. The largest absolute Gasteiger partial charge is 0.368 e. The number of hydrogen-bond acceptors (Lipinski definition) is 5. The van der Waals surface area contributed by atoms with Gasteiger partial charge in [0.05, 0.1) is 18.1 Å². The van der Waals surface area contributed by atoms with E-state index in [1.165, 1.54) is 0 Å². The highest BCUT2D eigenvalue weighted by atomic mass is 32.2. The zero-order chi connectivity index (χ0) is 19.2. The highest BCUT2D eigenvalue weighted by Gasteiger charge is 2.45. The molecule has 3 aliphatic rings. The molecule has 1 saturated heterocycles. The Bertz CT molecular complexity index is 966. The van der Waals surface area contributed by atoms with Crippen LogP contribution in [0.4, 0.5) is 0 Å². The first-order valence-corrected chi connectivity index (χ1v) is 11.7. The molecule has 0 atom stereocenters. The molecule has 0 amide bonds. The number of rotatable bonds is 4. The molecule has 5 rings (SSSR count). The van der Waals surface area contributed by atoms with Crippen molar-refractivity contribution in [2.75, 3.05) is 25.4 Å². The molecule has 1 aromatic heterocycles. The number of sulfonamides is 1. The molecule has 1 aromatic carbocycles. The van der Waals surface area contributed by atoms with Crippen molar-refractivity contribution in [3.05, 3.63) is 47.8 Å². The lowest BCUT2D eigenvalue weighted by Crippen LogP contribution is -2.49. The van der Waals surface area contributed by atoms with Crippen molar-refractivity contribution in [2.45, 2.75) is 37.7 Å². The van der Waals surface area contributed by atoms with Crippen molar-refractivity contribution < 1.29 is 13.2 Å². The van der Waals surface area contributed by atoms with E-state index in [9.17, 15) is 8.42 Å². The van der Waals surface area contributed by atoms with Gasteiger partial charge >= 0.3 is 0 Å². The fourth-order valence-corrected chi connectivity index (χ4v) is 6.21. The Labute approximate surface area is 166 Å². The van der Waals surface area contributed by atoms with Crippen LogP contribution in [-0.2, 0) is 26.8 Å². The quantitative estimate of drug-likeness (QED) is 0.790. The Kier molecular flexibility index (Phi) is 4.49. The minimum Gasteiger partial charge on any atom is -0.368 e. The maximum Gasteiger partial charge on any atom is 0.214 e. The predicted octanol–water partition coefficient (Wildman–Crippen LogP) is 2.75. The molecule has 0 radical (unpaired) electrons. The van der Waals surface area contributed by atoms with Crippen molar-refractivity contribution in [1.29, 1.82) is 0 Å². The minimum atomic E-state index is -3.16. The Morgan fingerprint density at radius 1 is 1.14 bits per heavy atom. The van der Waals surface area contributed by atoms with Crippen LogP contribution in [0.5, 0.6) is 0 Å². The lowest BCUT2D eigenvalue weighted by atomic mass is 9.84. The SMILES string of the molecule is O=S(=O)(CC1CC1)N1CCC2(CC1)OCCc1cnc(-c3ccccc3)nc12. The average Bonchev–Trinajstić information content (AvgIpc) is 3.52. The van der Waals surface area contributed by atoms with Crippen LogP contribution >= 0.6 is 0 Å². The van der Waals surface area contributed by atoms with Crippen molar-refractivity contribution in [1.82, 2.24) is 14.3 Å². The van der Waals surface area contributed by atoms with E-state index in [4.69, 9.17) is 9.72 Å². The second-order valence-corrected chi connectivity index (χ2v) is 10.2. The normalized spacial score (nSPS) is 22.1. The second-order valence-electron chi connectivity index (χ2n) is 8.15. The van der Waals surface area contributed by atoms with E-state index in [2.05, 4.69) is 4.98 Å². The lowest BCUT2D eigenvalue weighted by Gasteiger charge is -2.43. The molecule has 28 heavy (non-hydrogen) atoms. The monoisotopic (exact) mass is 399 g/mol. The third-order valence-electron chi connectivity index (χ3n) is 6.14. The van der Waals surface area contributed by atoms with Crippen LogP contribution in [0.1, 0.15) is 36.9 Å². The number of aromatic nitrogens is 2. The summed E-state index contributed by atoms with van der Waals surface area (Å²) in [4.78, 5) is 9.46. The Morgan fingerprint density at radius 3 is 2.61 bits per heavy atom. The first kappa shape index (κ1) is 18.2. The van der Waals surface area contributed by atoms with Crippen molar-refractivity contribution >= 4 is 10.0 Å². The van der Waals surface area contributed by atoms with Gasteiger partial charge in [-0.15, -0.1) is 0 Å². The van der Waals surface area contributed by atoms with E-state index in [1.54, 1.807) is 4.31 Å². The topological polar surface area (TPSA) is 72.4 Å². The Hall–Kier alpha value is -1.83. The highest BCUT2D eigenvalue weighted by Crippen LogP contribution is 2.42. The van der Waals surface area contributed by atoms with Crippen molar-refractivity contribution in [3.63, 3.8) is 0 Å². The number of fused-ring (bicyclic) bond motifs is 2. The zero-order valence-electron chi connectivity index (χ0n) is 15.9. The van der Waals surface area contributed by atoms with Crippen LogP contribution in [-0.4, -0.2) is 48.1 Å². The molecule has 0 N–H and O–H groups in total. The number of ether oxygens (including phenoxy) is 1. The smallest absolute Gasteiger partial charge is 0.214 e. The molecule has 6 nitrogen and oxygen atoms in total. The van der Waals surface area contributed by atoms with E-state index >= 15 is 0 Å². The molecule has 0 bridgehead atoms. The first-order chi connectivity index (χ1) is 13.6. The summed E-state index contributed by atoms with van der Waals surface area (Å²) >= 11 is 0. The summed E-state index contributed by atoms with van der Waals surface area (Å²) in [5, 5.41) is 0.